The number of carbonyl (C=O) groups excluding carboxylic acids is 1. The first-order valence-corrected chi connectivity index (χ1v) is 10.2. The number of rotatable bonds is 6. The summed E-state index contributed by atoms with van der Waals surface area (Å²) in [6.45, 7) is 3.51. The highest BCUT2D eigenvalue weighted by Gasteiger charge is 2.29. The number of ether oxygens (including phenoxy) is 2. The molecule has 2 fully saturated rings. The standard InChI is InChI=1S/C17H25N3O5S/c1-24-15-5-4-14(18-17(21)13-19-6-2-3-7-19)12-16(15)26(22,23)20-8-10-25-11-9-20/h4-5,12H,2-3,6-11,13H2,1H3,(H,18,21). The molecule has 0 bridgehead atoms. The topological polar surface area (TPSA) is 88.2 Å². The zero-order chi connectivity index (χ0) is 18.6. The molecular formula is C17H25N3O5S. The quantitative estimate of drug-likeness (QED) is 0.780. The molecule has 0 unspecified atom stereocenters. The summed E-state index contributed by atoms with van der Waals surface area (Å²) in [4.78, 5) is 14.4. The highest BCUT2D eigenvalue weighted by atomic mass is 32.2. The van der Waals surface area contributed by atoms with Crippen LogP contribution in [0.2, 0.25) is 0 Å². The lowest BCUT2D eigenvalue weighted by atomic mass is 10.3. The van der Waals surface area contributed by atoms with Crippen molar-refractivity contribution in [3.05, 3.63) is 18.2 Å². The lowest BCUT2D eigenvalue weighted by Gasteiger charge is -2.27. The third kappa shape index (κ3) is 4.35. The van der Waals surface area contributed by atoms with Gasteiger partial charge in [0.1, 0.15) is 10.6 Å². The van der Waals surface area contributed by atoms with E-state index in [0.29, 0.717) is 38.5 Å². The molecule has 2 aliphatic heterocycles. The zero-order valence-electron chi connectivity index (χ0n) is 14.9. The molecule has 1 aromatic carbocycles. The molecule has 26 heavy (non-hydrogen) atoms. The van der Waals surface area contributed by atoms with Gasteiger partial charge in [-0.3, -0.25) is 9.69 Å². The van der Waals surface area contributed by atoms with Crippen molar-refractivity contribution in [1.82, 2.24) is 9.21 Å². The van der Waals surface area contributed by atoms with E-state index in [-0.39, 0.29) is 16.6 Å². The summed E-state index contributed by atoms with van der Waals surface area (Å²) in [5, 5.41) is 2.79. The first kappa shape index (κ1) is 19.1. The van der Waals surface area contributed by atoms with Crippen molar-refractivity contribution in [2.75, 3.05) is 58.4 Å². The number of anilines is 1. The van der Waals surface area contributed by atoms with Crippen LogP contribution in [0.1, 0.15) is 12.8 Å². The SMILES string of the molecule is COc1ccc(NC(=O)CN2CCCC2)cc1S(=O)(=O)N1CCOCC1. The summed E-state index contributed by atoms with van der Waals surface area (Å²) in [7, 11) is -2.29. The van der Waals surface area contributed by atoms with Crippen molar-refractivity contribution in [1.29, 1.82) is 0 Å². The number of morpholine rings is 1. The van der Waals surface area contributed by atoms with E-state index in [1.807, 2.05) is 0 Å². The number of likely N-dealkylation sites (tertiary alicyclic amines) is 1. The smallest absolute Gasteiger partial charge is 0.246 e. The Labute approximate surface area is 154 Å². The van der Waals surface area contributed by atoms with Crippen molar-refractivity contribution in [2.45, 2.75) is 17.7 Å². The number of hydrogen-bond acceptors (Lipinski definition) is 6. The predicted molar refractivity (Wildman–Crippen MR) is 96.9 cm³/mol. The predicted octanol–water partition coefficient (Wildman–Crippen LogP) is 0.750. The summed E-state index contributed by atoms with van der Waals surface area (Å²) in [5.41, 5.74) is 0.446. The van der Waals surface area contributed by atoms with E-state index < -0.39 is 10.0 Å². The van der Waals surface area contributed by atoms with Crippen LogP contribution < -0.4 is 10.1 Å². The summed E-state index contributed by atoms with van der Waals surface area (Å²) in [5.74, 6) is 0.112. The second-order valence-electron chi connectivity index (χ2n) is 6.41. The van der Waals surface area contributed by atoms with Gasteiger partial charge in [-0.05, 0) is 44.1 Å². The fourth-order valence-corrected chi connectivity index (χ4v) is 4.82. The van der Waals surface area contributed by atoms with E-state index >= 15 is 0 Å². The summed E-state index contributed by atoms with van der Waals surface area (Å²) in [6, 6.07) is 4.68. The second kappa shape index (κ2) is 8.34. The number of hydrogen-bond donors (Lipinski definition) is 1. The van der Waals surface area contributed by atoms with Crippen molar-refractivity contribution in [3.63, 3.8) is 0 Å². The molecule has 9 heteroatoms. The molecule has 2 aliphatic rings. The number of carbonyl (C=O) groups is 1. The van der Waals surface area contributed by atoms with E-state index in [9.17, 15) is 13.2 Å². The van der Waals surface area contributed by atoms with Gasteiger partial charge in [-0.1, -0.05) is 0 Å². The van der Waals surface area contributed by atoms with Crippen LogP contribution in [0.25, 0.3) is 0 Å². The first-order valence-electron chi connectivity index (χ1n) is 8.79. The van der Waals surface area contributed by atoms with Crippen molar-refractivity contribution < 1.29 is 22.7 Å². The van der Waals surface area contributed by atoms with E-state index in [0.717, 1.165) is 25.9 Å². The van der Waals surface area contributed by atoms with Gasteiger partial charge < -0.3 is 14.8 Å². The first-order chi connectivity index (χ1) is 12.5. The zero-order valence-corrected chi connectivity index (χ0v) is 15.8. The monoisotopic (exact) mass is 383 g/mol. The van der Waals surface area contributed by atoms with Gasteiger partial charge in [0.05, 0.1) is 26.9 Å². The van der Waals surface area contributed by atoms with Crippen LogP contribution in [0.3, 0.4) is 0 Å². The largest absolute Gasteiger partial charge is 0.495 e. The summed E-state index contributed by atoms with van der Waals surface area (Å²) in [6.07, 6.45) is 2.22. The van der Waals surface area contributed by atoms with Crippen molar-refractivity contribution in [3.8, 4) is 5.75 Å². The number of nitrogens with zero attached hydrogens (tertiary/aromatic N) is 2. The molecule has 0 atom stereocenters. The van der Waals surface area contributed by atoms with Crippen LogP contribution in [0, 0.1) is 0 Å². The Bertz CT molecular complexity index is 741. The van der Waals surface area contributed by atoms with Crippen LogP contribution in [0.4, 0.5) is 5.69 Å². The van der Waals surface area contributed by atoms with E-state index in [4.69, 9.17) is 9.47 Å². The van der Waals surface area contributed by atoms with Gasteiger partial charge in [0, 0.05) is 18.8 Å². The second-order valence-corrected chi connectivity index (χ2v) is 8.32. The Morgan fingerprint density at radius 3 is 2.54 bits per heavy atom. The highest BCUT2D eigenvalue weighted by molar-refractivity contribution is 7.89. The van der Waals surface area contributed by atoms with Crippen LogP contribution in [0.15, 0.2) is 23.1 Å². The fraction of sp³-hybridized carbons (Fsp3) is 0.588. The van der Waals surface area contributed by atoms with E-state index in [1.165, 1.54) is 17.5 Å². The highest BCUT2D eigenvalue weighted by Crippen LogP contribution is 2.30. The molecule has 0 saturated carbocycles. The molecule has 2 saturated heterocycles. The van der Waals surface area contributed by atoms with Crippen LogP contribution in [-0.2, 0) is 19.6 Å². The minimum atomic E-state index is -3.72. The van der Waals surface area contributed by atoms with Gasteiger partial charge in [0.25, 0.3) is 0 Å². The normalized spacial score (nSPS) is 19.4. The van der Waals surface area contributed by atoms with Gasteiger partial charge >= 0.3 is 0 Å². The molecular weight excluding hydrogens is 358 g/mol. The molecule has 3 rings (SSSR count). The maximum absolute atomic E-state index is 13.0. The molecule has 0 radical (unpaired) electrons. The number of sulfonamides is 1. The molecule has 8 nitrogen and oxygen atoms in total. The van der Waals surface area contributed by atoms with Gasteiger partial charge in [0.2, 0.25) is 15.9 Å². The molecule has 0 aliphatic carbocycles. The van der Waals surface area contributed by atoms with E-state index in [1.54, 1.807) is 12.1 Å². The third-order valence-electron chi connectivity index (χ3n) is 4.60. The third-order valence-corrected chi connectivity index (χ3v) is 6.52. The number of methoxy groups -OCH3 is 1. The van der Waals surface area contributed by atoms with Crippen molar-refractivity contribution in [2.24, 2.45) is 0 Å². The van der Waals surface area contributed by atoms with Crippen molar-refractivity contribution >= 4 is 21.6 Å². The molecule has 0 spiro atoms. The summed E-state index contributed by atoms with van der Waals surface area (Å²) >= 11 is 0. The maximum Gasteiger partial charge on any atom is 0.246 e. The van der Waals surface area contributed by atoms with Gasteiger partial charge in [-0.2, -0.15) is 4.31 Å². The maximum atomic E-state index is 13.0. The minimum absolute atomic E-state index is 0.0564. The Balaban J connectivity index is 1.78. The Morgan fingerprint density at radius 1 is 1.19 bits per heavy atom. The van der Waals surface area contributed by atoms with Gasteiger partial charge in [-0.25, -0.2) is 8.42 Å². The molecule has 0 aromatic heterocycles. The lowest BCUT2D eigenvalue weighted by Crippen LogP contribution is -2.40. The molecule has 1 amide bonds. The fourth-order valence-electron chi connectivity index (χ4n) is 3.23. The van der Waals surface area contributed by atoms with Gasteiger partial charge in [0.15, 0.2) is 0 Å². The molecule has 1 N–H and O–H groups in total. The Hall–Kier alpha value is -1.68. The Morgan fingerprint density at radius 2 is 1.88 bits per heavy atom. The number of amides is 1. The van der Waals surface area contributed by atoms with Crippen LogP contribution in [-0.4, -0.2) is 76.6 Å². The lowest BCUT2D eigenvalue weighted by molar-refractivity contribution is -0.117. The molecule has 144 valence electrons. The molecule has 2 heterocycles. The average molecular weight is 383 g/mol. The number of benzene rings is 1. The van der Waals surface area contributed by atoms with Crippen LogP contribution >= 0.6 is 0 Å². The molecule has 1 aromatic rings. The van der Waals surface area contributed by atoms with Crippen LogP contribution in [0.5, 0.6) is 5.75 Å². The Kier molecular flexibility index (Phi) is 6.13. The minimum Gasteiger partial charge on any atom is -0.495 e. The van der Waals surface area contributed by atoms with Gasteiger partial charge in [-0.15, -0.1) is 0 Å². The number of nitrogens with one attached hydrogen (secondary N) is 1. The average Bonchev–Trinajstić information content (AvgIpc) is 3.15. The van der Waals surface area contributed by atoms with E-state index in [2.05, 4.69) is 10.2 Å². The summed E-state index contributed by atoms with van der Waals surface area (Å²) < 4.78 is 37.7.